The zero-order chi connectivity index (χ0) is 14.0. The van der Waals surface area contributed by atoms with E-state index in [4.69, 9.17) is 21.4 Å². The highest BCUT2D eigenvalue weighted by Crippen LogP contribution is 2.30. The van der Waals surface area contributed by atoms with E-state index in [1.807, 2.05) is 0 Å². The summed E-state index contributed by atoms with van der Waals surface area (Å²) in [5.41, 5.74) is 0.623. The van der Waals surface area contributed by atoms with Crippen LogP contribution in [0.15, 0.2) is 36.4 Å². The molecule has 3 nitrogen and oxygen atoms in total. The molecule has 2 aromatic rings. The summed E-state index contributed by atoms with van der Waals surface area (Å²) in [7, 11) is 1.47. The average molecular weight is 281 g/mol. The molecule has 0 saturated carbocycles. The molecule has 0 bridgehead atoms. The van der Waals surface area contributed by atoms with Gasteiger partial charge in [0.25, 0.3) is 0 Å². The van der Waals surface area contributed by atoms with Crippen molar-refractivity contribution in [1.29, 1.82) is 0 Å². The van der Waals surface area contributed by atoms with E-state index in [0.29, 0.717) is 11.3 Å². The molecule has 5 heteroatoms. The SMILES string of the molecule is COc1ccc(F)c(-c2ccc(Cl)c(C(=O)O)c2)c1. The first kappa shape index (κ1) is 13.4. The standard InChI is InChI=1S/C14H10ClFO3/c1-19-9-3-5-13(16)10(7-9)8-2-4-12(15)11(6-8)14(17)18/h2-7H,1H3,(H,17,18). The predicted octanol–water partition coefficient (Wildman–Crippen LogP) is 3.85. The fourth-order valence-corrected chi connectivity index (χ4v) is 1.91. The van der Waals surface area contributed by atoms with E-state index in [9.17, 15) is 9.18 Å². The molecule has 1 N–H and O–H groups in total. The molecule has 0 atom stereocenters. The summed E-state index contributed by atoms with van der Waals surface area (Å²) < 4.78 is 18.8. The molecule has 0 aromatic heterocycles. The molecule has 0 amide bonds. The van der Waals surface area contributed by atoms with Crippen LogP contribution in [0.25, 0.3) is 11.1 Å². The maximum atomic E-state index is 13.8. The summed E-state index contributed by atoms with van der Waals surface area (Å²) in [5.74, 6) is -1.13. The Morgan fingerprint density at radius 2 is 2.00 bits per heavy atom. The molecule has 0 unspecified atom stereocenters. The Labute approximate surface area is 114 Å². The van der Waals surface area contributed by atoms with Crippen LogP contribution >= 0.6 is 11.6 Å². The number of carbonyl (C=O) groups is 1. The van der Waals surface area contributed by atoms with Crippen LogP contribution in [0.3, 0.4) is 0 Å². The number of hydrogen-bond acceptors (Lipinski definition) is 2. The van der Waals surface area contributed by atoms with Gasteiger partial charge in [0.15, 0.2) is 0 Å². The molecular weight excluding hydrogens is 271 g/mol. The van der Waals surface area contributed by atoms with Crippen molar-refractivity contribution in [2.24, 2.45) is 0 Å². The van der Waals surface area contributed by atoms with Gasteiger partial charge in [0, 0.05) is 5.56 Å². The van der Waals surface area contributed by atoms with Gasteiger partial charge in [-0.15, -0.1) is 0 Å². The molecule has 19 heavy (non-hydrogen) atoms. The van der Waals surface area contributed by atoms with Crippen molar-refractivity contribution in [3.8, 4) is 16.9 Å². The molecule has 0 radical (unpaired) electrons. The maximum absolute atomic E-state index is 13.8. The zero-order valence-corrected chi connectivity index (χ0v) is 10.7. The first-order valence-corrected chi connectivity index (χ1v) is 5.77. The number of rotatable bonds is 3. The Bertz CT molecular complexity index is 641. The summed E-state index contributed by atoms with van der Waals surface area (Å²) in [6.45, 7) is 0. The summed E-state index contributed by atoms with van der Waals surface area (Å²) >= 11 is 5.78. The van der Waals surface area contributed by atoms with Crippen molar-refractivity contribution in [1.82, 2.24) is 0 Å². The quantitative estimate of drug-likeness (QED) is 0.929. The fraction of sp³-hybridized carbons (Fsp3) is 0.0714. The average Bonchev–Trinajstić information content (AvgIpc) is 2.40. The largest absolute Gasteiger partial charge is 0.497 e. The van der Waals surface area contributed by atoms with Gasteiger partial charge in [-0.1, -0.05) is 17.7 Å². The Balaban J connectivity index is 2.59. The van der Waals surface area contributed by atoms with Crippen molar-refractivity contribution < 1.29 is 19.0 Å². The van der Waals surface area contributed by atoms with E-state index in [0.717, 1.165) is 0 Å². The zero-order valence-electron chi connectivity index (χ0n) is 9.98. The summed E-state index contributed by atoms with van der Waals surface area (Å²) in [6.07, 6.45) is 0. The lowest BCUT2D eigenvalue weighted by Gasteiger charge is -2.08. The van der Waals surface area contributed by atoms with Gasteiger partial charge in [-0.05, 0) is 35.9 Å². The lowest BCUT2D eigenvalue weighted by Crippen LogP contribution is -1.98. The van der Waals surface area contributed by atoms with Crippen molar-refractivity contribution in [2.75, 3.05) is 7.11 Å². The minimum absolute atomic E-state index is 0.0682. The molecule has 2 aromatic carbocycles. The van der Waals surface area contributed by atoms with Crippen LogP contribution in [0.2, 0.25) is 5.02 Å². The van der Waals surface area contributed by atoms with Crippen LogP contribution in [-0.2, 0) is 0 Å². The van der Waals surface area contributed by atoms with Crippen LogP contribution in [-0.4, -0.2) is 18.2 Å². The highest BCUT2D eigenvalue weighted by atomic mass is 35.5. The second kappa shape index (κ2) is 5.28. The first-order valence-electron chi connectivity index (χ1n) is 5.39. The molecular formula is C14H10ClFO3. The topological polar surface area (TPSA) is 46.5 Å². The number of ether oxygens (including phenoxy) is 1. The normalized spacial score (nSPS) is 10.3. The lowest BCUT2D eigenvalue weighted by molar-refractivity contribution is 0.0697. The molecule has 0 aliphatic carbocycles. The van der Waals surface area contributed by atoms with E-state index in [1.54, 1.807) is 6.07 Å². The van der Waals surface area contributed by atoms with Gasteiger partial charge in [0.2, 0.25) is 0 Å². The Hall–Kier alpha value is -2.07. The van der Waals surface area contributed by atoms with E-state index in [-0.39, 0.29) is 16.1 Å². The Morgan fingerprint density at radius 3 is 2.63 bits per heavy atom. The van der Waals surface area contributed by atoms with Crippen molar-refractivity contribution in [3.05, 3.63) is 52.8 Å². The Kier molecular flexibility index (Phi) is 3.71. The van der Waals surface area contributed by atoms with Crippen LogP contribution < -0.4 is 4.74 Å². The lowest BCUT2D eigenvalue weighted by atomic mass is 10.0. The number of methoxy groups -OCH3 is 1. The van der Waals surface area contributed by atoms with Crippen LogP contribution in [0, 0.1) is 5.82 Å². The minimum Gasteiger partial charge on any atom is -0.497 e. The number of benzene rings is 2. The van der Waals surface area contributed by atoms with E-state index >= 15 is 0 Å². The molecule has 2 rings (SSSR count). The second-order valence-electron chi connectivity index (χ2n) is 3.85. The number of carboxylic acids is 1. The van der Waals surface area contributed by atoms with E-state index in [2.05, 4.69) is 0 Å². The number of halogens is 2. The van der Waals surface area contributed by atoms with Gasteiger partial charge >= 0.3 is 5.97 Å². The van der Waals surface area contributed by atoms with Crippen molar-refractivity contribution >= 4 is 17.6 Å². The monoisotopic (exact) mass is 280 g/mol. The van der Waals surface area contributed by atoms with Crippen molar-refractivity contribution in [2.45, 2.75) is 0 Å². The van der Waals surface area contributed by atoms with Crippen molar-refractivity contribution in [3.63, 3.8) is 0 Å². The van der Waals surface area contributed by atoms with Crippen LogP contribution in [0.5, 0.6) is 5.75 Å². The third-order valence-electron chi connectivity index (χ3n) is 2.68. The van der Waals surface area contributed by atoms with E-state index < -0.39 is 11.8 Å². The van der Waals surface area contributed by atoms with Gasteiger partial charge in [0.1, 0.15) is 11.6 Å². The predicted molar refractivity (Wildman–Crippen MR) is 70.4 cm³/mol. The molecule has 0 aliphatic heterocycles. The summed E-state index contributed by atoms with van der Waals surface area (Å²) in [6, 6.07) is 8.59. The number of aromatic carboxylic acids is 1. The van der Waals surface area contributed by atoms with Gasteiger partial charge in [-0.25, -0.2) is 9.18 Å². The van der Waals surface area contributed by atoms with Gasteiger partial charge in [-0.2, -0.15) is 0 Å². The Morgan fingerprint density at radius 1 is 1.26 bits per heavy atom. The third kappa shape index (κ3) is 2.69. The number of carboxylic acid groups (broad SMARTS) is 1. The maximum Gasteiger partial charge on any atom is 0.337 e. The molecule has 98 valence electrons. The molecule has 0 saturated heterocycles. The number of hydrogen-bond donors (Lipinski definition) is 1. The minimum atomic E-state index is -1.16. The molecule has 0 spiro atoms. The fourth-order valence-electron chi connectivity index (χ4n) is 1.71. The third-order valence-corrected chi connectivity index (χ3v) is 3.01. The molecule has 0 heterocycles. The van der Waals surface area contributed by atoms with E-state index in [1.165, 1.54) is 37.4 Å². The molecule has 0 aliphatic rings. The van der Waals surface area contributed by atoms with Crippen LogP contribution in [0.1, 0.15) is 10.4 Å². The summed E-state index contributed by atoms with van der Waals surface area (Å²) in [4.78, 5) is 11.0. The summed E-state index contributed by atoms with van der Waals surface area (Å²) in [5, 5.41) is 9.11. The first-order chi connectivity index (χ1) is 9.02. The highest BCUT2D eigenvalue weighted by Gasteiger charge is 2.13. The van der Waals surface area contributed by atoms with Crippen LogP contribution in [0.4, 0.5) is 4.39 Å². The molecule has 0 fully saturated rings. The van der Waals surface area contributed by atoms with Gasteiger partial charge < -0.3 is 9.84 Å². The smallest absolute Gasteiger partial charge is 0.337 e. The highest BCUT2D eigenvalue weighted by molar-refractivity contribution is 6.33. The van der Waals surface area contributed by atoms with Gasteiger partial charge in [-0.3, -0.25) is 0 Å². The second-order valence-corrected chi connectivity index (χ2v) is 4.25. The van der Waals surface area contributed by atoms with Gasteiger partial charge in [0.05, 0.1) is 17.7 Å².